The molecule has 0 bridgehead atoms. The molecule has 1 heterocycles. The molecule has 1 unspecified atom stereocenters. The van der Waals surface area contributed by atoms with Gasteiger partial charge in [-0.05, 0) is 36.8 Å². The van der Waals surface area contributed by atoms with Crippen LogP contribution in [0.3, 0.4) is 0 Å². The highest BCUT2D eigenvalue weighted by Crippen LogP contribution is 2.30. The van der Waals surface area contributed by atoms with Crippen molar-refractivity contribution in [3.63, 3.8) is 0 Å². The van der Waals surface area contributed by atoms with Gasteiger partial charge in [0.15, 0.2) is 11.5 Å². The van der Waals surface area contributed by atoms with Crippen molar-refractivity contribution in [1.82, 2.24) is 4.98 Å². The number of benzene rings is 2. The SMILES string of the molecule is COc1ccc(NC(=O)c2ccnc(NC(C)c3ccccc3)c2)cc1OC. The monoisotopic (exact) mass is 377 g/mol. The molecule has 6 nitrogen and oxygen atoms in total. The molecule has 6 heteroatoms. The number of carbonyl (C=O) groups excluding carboxylic acids is 1. The Morgan fingerprint density at radius 2 is 1.71 bits per heavy atom. The molecule has 1 amide bonds. The fourth-order valence-electron chi connectivity index (χ4n) is 2.81. The maximum Gasteiger partial charge on any atom is 0.255 e. The molecule has 0 saturated carbocycles. The van der Waals surface area contributed by atoms with Gasteiger partial charge in [0.2, 0.25) is 0 Å². The predicted molar refractivity (Wildman–Crippen MR) is 110 cm³/mol. The van der Waals surface area contributed by atoms with Crippen molar-refractivity contribution in [2.24, 2.45) is 0 Å². The van der Waals surface area contributed by atoms with Crippen molar-refractivity contribution >= 4 is 17.4 Å². The third-order valence-electron chi connectivity index (χ3n) is 4.33. The van der Waals surface area contributed by atoms with E-state index < -0.39 is 0 Å². The first-order valence-corrected chi connectivity index (χ1v) is 8.91. The van der Waals surface area contributed by atoms with Gasteiger partial charge in [-0.15, -0.1) is 0 Å². The van der Waals surface area contributed by atoms with Gasteiger partial charge in [0.1, 0.15) is 5.82 Å². The minimum atomic E-state index is -0.231. The van der Waals surface area contributed by atoms with Crippen LogP contribution >= 0.6 is 0 Å². The van der Waals surface area contributed by atoms with Gasteiger partial charge in [0.25, 0.3) is 5.91 Å². The van der Waals surface area contributed by atoms with Gasteiger partial charge in [0, 0.05) is 29.6 Å². The Morgan fingerprint density at radius 3 is 2.43 bits per heavy atom. The molecule has 0 aliphatic rings. The Bertz CT molecular complexity index is 945. The summed E-state index contributed by atoms with van der Waals surface area (Å²) in [5, 5.41) is 6.19. The second-order valence-corrected chi connectivity index (χ2v) is 6.23. The molecular formula is C22H23N3O3. The fourth-order valence-corrected chi connectivity index (χ4v) is 2.81. The van der Waals surface area contributed by atoms with Crippen LogP contribution < -0.4 is 20.1 Å². The normalized spacial score (nSPS) is 11.4. The number of nitrogens with one attached hydrogen (secondary N) is 2. The fraction of sp³-hybridized carbons (Fsp3) is 0.182. The van der Waals surface area contributed by atoms with Crippen LogP contribution in [-0.2, 0) is 0 Å². The second kappa shape index (κ2) is 8.90. The summed E-state index contributed by atoms with van der Waals surface area (Å²) in [5.41, 5.74) is 2.27. The predicted octanol–water partition coefficient (Wildman–Crippen LogP) is 4.52. The molecule has 0 radical (unpaired) electrons. The van der Waals surface area contributed by atoms with Gasteiger partial charge in [-0.1, -0.05) is 30.3 Å². The largest absolute Gasteiger partial charge is 0.493 e. The maximum atomic E-state index is 12.6. The van der Waals surface area contributed by atoms with Gasteiger partial charge in [-0.25, -0.2) is 4.98 Å². The maximum absolute atomic E-state index is 12.6. The Kier molecular flexibility index (Phi) is 6.11. The van der Waals surface area contributed by atoms with Gasteiger partial charge < -0.3 is 20.1 Å². The molecule has 0 fully saturated rings. The number of anilines is 2. The summed E-state index contributed by atoms with van der Waals surface area (Å²) >= 11 is 0. The van der Waals surface area contributed by atoms with E-state index >= 15 is 0 Å². The molecule has 0 spiro atoms. The van der Waals surface area contributed by atoms with Crippen molar-refractivity contribution in [3.8, 4) is 11.5 Å². The Morgan fingerprint density at radius 1 is 0.964 bits per heavy atom. The summed E-state index contributed by atoms with van der Waals surface area (Å²) in [6.45, 7) is 2.05. The summed E-state index contributed by atoms with van der Waals surface area (Å²) in [4.78, 5) is 17.0. The first-order chi connectivity index (χ1) is 13.6. The van der Waals surface area contributed by atoms with Crippen molar-refractivity contribution in [3.05, 3.63) is 78.0 Å². The zero-order valence-corrected chi connectivity index (χ0v) is 16.1. The van der Waals surface area contributed by atoms with Crippen LogP contribution in [0.4, 0.5) is 11.5 Å². The van der Waals surface area contributed by atoms with E-state index in [-0.39, 0.29) is 11.9 Å². The lowest BCUT2D eigenvalue weighted by Gasteiger charge is -2.15. The Labute approximate surface area is 164 Å². The number of pyridine rings is 1. The molecule has 2 aromatic carbocycles. The standard InChI is InChI=1S/C22H23N3O3/c1-15(16-7-5-4-6-8-16)24-21-13-17(11-12-23-21)22(26)25-18-9-10-19(27-2)20(14-18)28-3/h4-15H,1-3H3,(H,23,24)(H,25,26). The molecule has 1 atom stereocenters. The Hall–Kier alpha value is -3.54. The van der Waals surface area contributed by atoms with Crippen molar-refractivity contribution in [2.75, 3.05) is 24.9 Å². The summed E-state index contributed by atoms with van der Waals surface area (Å²) in [6.07, 6.45) is 1.61. The summed E-state index contributed by atoms with van der Waals surface area (Å²) < 4.78 is 10.5. The molecular weight excluding hydrogens is 354 g/mol. The van der Waals surface area contributed by atoms with E-state index in [2.05, 4.69) is 15.6 Å². The quantitative estimate of drug-likeness (QED) is 0.633. The van der Waals surface area contributed by atoms with Crippen LogP contribution in [0.5, 0.6) is 11.5 Å². The van der Waals surface area contributed by atoms with E-state index in [9.17, 15) is 4.79 Å². The van der Waals surface area contributed by atoms with E-state index in [1.54, 1.807) is 50.7 Å². The number of rotatable bonds is 7. The van der Waals surface area contributed by atoms with Gasteiger partial charge in [0.05, 0.1) is 14.2 Å². The third kappa shape index (κ3) is 4.59. The summed E-state index contributed by atoms with van der Waals surface area (Å²) in [5.74, 6) is 1.56. The first kappa shape index (κ1) is 19.2. The van der Waals surface area contributed by atoms with Crippen molar-refractivity contribution < 1.29 is 14.3 Å². The lowest BCUT2D eigenvalue weighted by atomic mass is 10.1. The minimum absolute atomic E-state index is 0.0675. The first-order valence-electron chi connectivity index (χ1n) is 8.91. The molecule has 3 aromatic rings. The van der Waals surface area contributed by atoms with Crippen LogP contribution in [0.2, 0.25) is 0 Å². The summed E-state index contributed by atoms with van der Waals surface area (Å²) in [7, 11) is 3.12. The highest BCUT2D eigenvalue weighted by Gasteiger charge is 2.11. The molecule has 0 aliphatic carbocycles. The van der Waals surface area contributed by atoms with E-state index in [0.717, 1.165) is 5.56 Å². The van der Waals surface area contributed by atoms with Crippen LogP contribution in [0, 0.1) is 0 Å². The van der Waals surface area contributed by atoms with Crippen LogP contribution in [0.25, 0.3) is 0 Å². The average Bonchev–Trinajstić information content (AvgIpc) is 2.74. The van der Waals surface area contributed by atoms with Gasteiger partial charge in [-0.2, -0.15) is 0 Å². The number of nitrogens with zero attached hydrogens (tertiary/aromatic N) is 1. The van der Waals surface area contributed by atoms with E-state index in [1.165, 1.54) is 0 Å². The number of methoxy groups -OCH3 is 2. The topological polar surface area (TPSA) is 72.5 Å². The van der Waals surface area contributed by atoms with Crippen molar-refractivity contribution in [1.29, 1.82) is 0 Å². The number of hydrogen-bond donors (Lipinski definition) is 2. The summed E-state index contributed by atoms with van der Waals surface area (Å²) in [6, 6.07) is 18.8. The van der Waals surface area contributed by atoms with Gasteiger partial charge >= 0.3 is 0 Å². The average molecular weight is 377 g/mol. The number of amides is 1. The van der Waals surface area contributed by atoms with Gasteiger partial charge in [-0.3, -0.25) is 4.79 Å². The van der Waals surface area contributed by atoms with Crippen LogP contribution in [0.15, 0.2) is 66.9 Å². The molecule has 3 rings (SSSR count). The lowest BCUT2D eigenvalue weighted by Crippen LogP contribution is -2.14. The molecule has 144 valence electrons. The zero-order chi connectivity index (χ0) is 19.9. The zero-order valence-electron chi connectivity index (χ0n) is 16.1. The molecule has 1 aromatic heterocycles. The van der Waals surface area contributed by atoms with E-state index in [1.807, 2.05) is 37.3 Å². The van der Waals surface area contributed by atoms with E-state index in [0.29, 0.717) is 28.6 Å². The lowest BCUT2D eigenvalue weighted by molar-refractivity contribution is 0.102. The molecule has 0 saturated heterocycles. The third-order valence-corrected chi connectivity index (χ3v) is 4.33. The highest BCUT2D eigenvalue weighted by atomic mass is 16.5. The highest BCUT2D eigenvalue weighted by molar-refractivity contribution is 6.04. The number of hydrogen-bond acceptors (Lipinski definition) is 5. The number of aromatic nitrogens is 1. The second-order valence-electron chi connectivity index (χ2n) is 6.23. The molecule has 2 N–H and O–H groups in total. The molecule has 28 heavy (non-hydrogen) atoms. The number of carbonyl (C=O) groups is 1. The van der Waals surface area contributed by atoms with Crippen molar-refractivity contribution in [2.45, 2.75) is 13.0 Å². The Balaban J connectivity index is 1.72. The smallest absolute Gasteiger partial charge is 0.255 e. The number of ether oxygens (including phenoxy) is 2. The van der Waals surface area contributed by atoms with Crippen LogP contribution in [0.1, 0.15) is 28.9 Å². The van der Waals surface area contributed by atoms with E-state index in [4.69, 9.17) is 9.47 Å². The van der Waals surface area contributed by atoms with Crippen LogP contribution in [-0.4, -0.2) is 25.1 Å². The minimum Gasteiger partial charge on any atom is -0.493 e. The molecule has 0 aliphatic heterocycles.